The molecule has 0 spiro atoms. The lowest BCUT2D eigenvalue weighted by Gasteiger charge is -2.11. The van der Waals surface area contributed by atoms with Gasteiger partial charge >= 0.3 is 5.97 Å². The Morgan fingerprint density at radius 1 is 1.14 bits per heavy atom. The van der Waals surface area contributed by atoms with E-state index in [2.05, 4.69) is 26.0 Å². The molecule has 0 heterocycles. The highest BCUT2D eigenvalue weighted by Crippen LogP contribution is 2.32. The van der Waals surface area contributed by atoms with E-state index < -0.39 is 5.97 Å². The molecular weight excluding hydrogens is 354 g/mol. The molecular formula is C15H14BrNO5. The standard InChI is InChI=1S/C15H14BrNO5/c1-22-15(21)10-3-2-9(5-13(10)19)17-7-8-4-14(20)11(16)6-12(8)18/h2-6,17-20H,7H2,1H3. The van der Waals surface area contributed by atoms with Crippen molar-refractivity contribution in [3.05, 3.63) is 45.9 Å². The summed E-state index contributed by atoms with van der Waals surface area (Å²) in [5.41, 5.74) is 1.10. The van der Waals surface area contributed by atoms with E-state index in [0.29, 0.717) is 15.7 Å². The van der Waals surface area contributed by atoms with Crippen LogP contribution < -0.4 is 5.32 Å². The van der Waals surface area contributed by atoms with Crippen LogP contribution in [0.25, 0.3) is 0 Å². The Bertz CT molecular complexity index is 717. The number of anilines is 1. The van der Waals surface area contributed by atoms with Crippen LogP contribution in [0.1, 0.15) is 15.9 Å². The van der Waals surface area contributed by atoms with Crippen molar-refractivity contribution in [3.8, 4) is 17.2 Å². The van der Waals surface area contributed by atoms with Gasteiger partial charge in [-0.1, -0.05) is 0 Å². The molecule has 0 amide bonds. The van der Waals surface area contributed by atoms with Crippen LogP contribution in [0.15, 0.2) is 34.8 Å². The number of halogens is 1. The predicted octanol–water partition coefficient (Wildman–Crippen LogP) is 2.96. The molecule has 22 heavy (non-hydrogen) atoms. The Morgan fingerprint density at radius 2 is 1.86 bits per heavy atom. The minimum Gasteiger partial charge on any atom is -0.508 e. The average Bonchev–Trinajstić information content (AvgIpc) is 2.49. The van der Waals surface area contributed by atoms with Crippen LogP contribution in [-0.2, 0) is 11.3 Å². The SMILES string of the molecule is COC(=O)c1ccc(NCc2cc(O)c(Br)cc2O)cc1O. The van der Waals surface area contributed by atoms with Crippen molar-refractivity contribution < 1.29 is 24.9 Å². The molecule has 0 saturated carbocycles. The number of aromatic hydroxyl groups is 3. The number of nitrogens with one attached hydrogen (secondary N) is 1. The zero-order valence-corrected chi connectivity index (χ0v) is 13.2. The normalized spacial score (nSPS) is 10.3. The molecule has 4 N–H and O–H groups in total. The smallest absolute Gasteiger partial charge is 0.341 e. The van der Waals surface area contributed by atoms with Crippen LogP contribution in [0.4, 0.5) is 5.69 Å². The summed E-state index contributed by atoms with van der Waals surface area (Å²) >= 11 is 3.11. The van der Waals surface area contributed by atoms with E-state index in [1.807, 2.05) is 0 Å². The Labute approximate surface area is 135 Å². The molecule has 0 aromatic heterocycles. The summed E-state index contributed by atoms with van der Waals surface area (Å²) in [6, 6.07) is 7.23. The van der Waals surface area contributed by atoms with Crippen LogP contribution in [0, 0.1) is 0 Å². The fourth-order valence-electron chi connectivity index (χ4n) is 1.86. The molecule has 2 aromatic rings. The summed E-state index contributed by atoms with van der Waals surface area (Å²) in [6.07, 6.45) is 0. The van der Waals surface area contributed by atoms with Crippen molar-refractivity contribution in [1.29, 1.82) is 0 Å². The van der Waals surface area contributed by atoms with E-state index in [-0.39, 0.29) is 29.4 Å². The summed E-state index contributed by atoms with van der Waals surface area (Å²) in [6.45, 7) is 0.226. The highest BCUT2D eigenvalue weighted by molar-refractivity contribution is 9.10. The largest absolute Gasteiger partial charge is 0.508 e. The van der Waals surface area contributed by atoms with Crippen LogP contribution in [0.2, 0.25) is 0 Å². The van der Waals surface area contributed by atoms with Crippen LogP contribution in [0.3, 0.4) is 0 Å². The molecule has 116 valence electrons. The number of methoxy groups -OCH3 is 1. The van der Waals surface area contributed by atoms with Crippen molar-refractivity contribution >= 4 is 27.6 Å². The number of ether oxygens (including phenoxy) is 1. The number of hydrogen-bond donors (Lipinski definition) is 4. The Morgan fingerprint density at radius 3 is 2.50 bits per heavy atom. The van der Waals surface area contributed by atoms with E-state index >= 15 is 0 Å². The molecule has 0 aliphatic heterocycles. The number of carbonyl (C=O) groups excluding carboxylic acids is 1. The van der Waals surface area contributed by atoms with Crippen molar-refractivity contribution in [1.82, 2.24) is 0 Å². The maximum Gasteiger partial charge on any atom is 0.341 e. The maximum absolute atomic E-state index is 11.4. The molecule has 2 rings (SSSR count). The van der Waals surface area contributed by atoms with Gasteiger partial charge in [0.1, 0.15) is 22.8 Å². The third kappa shape index (κ3) is 3.43. The molecule has 0 aliphatic carbocycles. The first-order valence-corrected chi connectivity index (χ1v) is 7.07. The highest BCUT2D eigenvalue weighted by atomic mass is 79.9. The monoisotopic (exact) mass is 367 g/mol. The fourth-order valence-corrected chi connectivity index (χ4v) is 2.19. The lowest BCUT2D eigenvalue weighted by atomic mass is 10.1. The van der Waals surface area contributed by atoms with Gasteiger partial charge in [-0.25, -0.2) is 4.79 Å². The summed E-state index contributed by atoms with van der Waals surface area (Å²) in [4.78, 5) is 11.4. The summed E-state index contributed by atoms with van der Waals surface area (Å²) in [5.74, 6) is -0.801. The predicted molar refractivity (Wildman–Crippen MR) is 84.2 cm³/mol. The second-order valence-corrected chi connectivity index (χ2v) is 5.36. The Kier molecular flexibility index (Phi) is 4.77. The molecule has 6 nitrogen and oxygen atoms in total. The van der Waals surface area contributed by atoms with Crippen LogP contribution in [-0.4, -0.2) is 28.4 Å². The average molecular weight is 368 g/mol. The zero-order valence-electron chi connectivity index (χ0n) is 11.6. The third-order valence-electron chi connectivity index (χ3n) is 3.03. The number of benzene rings is 2. The van der Waals surface area contributed by atoms with Gasteiger partial charge in [0.25, 0.3) is 0 Å². The summed E-state index contributed by atoms with van der Waals surface area (Å²) in [5, 5.41) is 32.2. The second kappa shape index (κ2) is 6.57. The molecule has 0 fully saturated rings. The minimum atomic E-state index is -0.625. The molecule has 7 heteroatoms. The van der Waals surface area contributed by atoms with Gasteiger partial charge in [0.15, 0.2) is 0 Å². The summed E-state index contributed by atoms with van der Waals surface area (Å²) in [7, 11) is 1.23. The zero-order chi connectivity index (χ0) is 16.3. The van der Waals surface area contributed by atoms with E-state index in [1.165, 1.54) is 31.4 Å². The van der Waals surface area contributed by atoms with E-state index in [9.17, 15) is 20.1 Å². The highest BCUT2D eigenvalue weighted by Gasteiger charge is 2.12. The van der Waals surface area contributed by atoms with Gasteiger partial charge in [-0.15, -0.1) is 0 Å². The van der Waals surface area contributed by atoms with Gasteiger partial charge in [0.05, 0.1) is 11.6 Å². The maximum atomic E-state index is 11.4. The quantitative estimate of drug-likeness (QED) is 0.489. The molecule has 0 aliphatic rings. The lowest BCUT2D eigenvalue weighted by Crippen LogP contribution is -2.03. The van der Waals surface area contributed by atoms with Crippen molar-refractivity contribution in [2.45, 2.75) is 6.54 Å². The first-order valence-electron chi connectivity index (χ1n) is 6.28. The topological polar surface area (TPSA) is 99.0 Å². The molecule has 0 radical (unpaired) electrons. The molecule has 0 unspecified atom stereocenters. The van der Waals surface area contributed by atoms with Crippen molar-refractivity contribution in [3.63, 3.8) is 0 Å². The lowest BCUT2D eigenvalue weighted by molar-refractivity contribution is 0.0597. The number of hydrogen-bond acceptors (Lipinski definition) is 6. The van der Waals surface area contributed by atoms with Gasteiger partial charge in [-0.05, 0) is 40.2 Å². The van der Waals surface area contributed by atoms with E-state index in [4.69, 9.17) is 0 Å². The van der Waals surface area contributed by atoms with E-state index in [1.54, 1.807) is 6.07 Å². The first kappa shape index (κ1) is 16.0. The number of phenolic OH excluding ortho intramolecular Hbond substituents is 3. The first-order chi connectivity index (χ1) is 10.4. The molecule has 0 atom stereocenters. The Hall–Kier alpha value is -2.41. The Balaban J connectivity index is 2.14. The summed E-state index contributed by atoms with van der Waals surface area (Å²) < 4.78 is 4.94. The second-order valence-electron chi connectivity index (χ2n) is 4.51. The van der Waals surface area contributed by atoms with E-state index in [0.717, 1.165) is 0 Å². The number of phenols is 3. The van der Waals surface area contributed by atoms with Gasteiger partial charge in [0, 0.05) is 23.9 Å². The minimum absolute atomic E-state index is 0.0125. The fraction of sp³-hybridized carbons (Fsp3) is 0.133. The van der Waals surface area contributed by atoms with Crippen molar-refractivity contribution in [2.75, 3.05) is 12.4 Å². The van der Waals surface area contributed by atoms with Crippen molar-refractivity contribution in [2.24, 2.45) is 0 Å². The number of rotatable bonds is 4. The van der Waals surface area contributed by atoms with Crippen LogP contribution in [0.5, 0.6) is 17.2 Å². The van der Waals surface area contributed by atoms with Gasteiger partial charge in [-0.2, -0.15) is 0 Å². The van der Waals surface area contributed by atoms with Gasteiger partial charge in [-0.3, -0.25) is 0 Å². The molecule has 0 saturated heterocycles. The number of carbonyl (C=O) groups is 1. The van der Waals surface area contributed by atoms with Gasteiger partial charge < -0.3 is 25.4 Å². The number of esters is 1. The molecule has 0 bridgehead atoms. The molecule has 2 aromatic carbocycles. The van der Waals surface area contributed by atoms with Crippen LogP contribution >= 0.6 is 15.9 Å². The van der Waals surface area contributed by atoms with Gasteiger partial charge in [0.2, 0.25) is 0 Å². The third-order valence-corrected chi connectivity index (χ3v) is 3.67.